The van der Waals surface area contributed by atoms with Gasteiger partial charge in [0.1, 0.15) is 0 Å². The lowest BCUT2D eigenvalue weighted by atomic mass is 9.70. The monoisotopic (exact) mass is 330 g/mol. The highest BCUT2D eigenvalue weighted by Crippen LogP contribution is 2.62. The molecule has 122 valence electrons. The molecule has 2 aliphatic rings. The predicted molar refractivity (Wildman–Crippen MR) is 107 cm³/mol. The van der Waals surface area contributed by atoms with E-state index in [1.807, 2.05) is 0 Å². The first-order chi connectivity index (χ1) is 12.8. The van der Waals surface area contributed by atoms with Crippen LogP contribution in [0.15, 0.2) is 91.0 Å². The van der Waals surface area contributed by atoms with Gasteiger partial charge in [-0.05, 0) is 51.4 Å². The fourth-order valence-corrected chi connectivity index (χ4v) is 5.21. The number of hydrogen-bond donors (Lipinski definition) is 0. The number of benzene rings is 4. The molecule has 4 aromatic carbocycles. The summed E-state index contributed by atoms with van der Waals surface area (Å²) in [6.45, 7) is 2.18. The largest absolute Gasteiger partial charge is 0.0725 e. The molecule has 6 rings (SSSR count). The van der Waals surface area contributed by atoms with E-state index in [1.165, 1.54) is 50.1 Å². The lowest BCUT2D eigenvalue weighted by molar-refractivity contribution is 0.793. The summed E-state index contributed by atoms with van der Waals surface area (Å²) in [4.78, 5) is 0. The molecule has 1 spiro atoms. The summed E-state index contributed by atoms with van der Waals surface area (Å²) < 4.78 is 0. The second-order valence-electron chi connectivity index (χ2n) is 7.44. The fourth-order valence-electron chi connectivity index (χ4n) is 5.21. The van der Waals surface area contributed by atoms with Gasteiger partial charge in [0.15, 0.2) is 0 Å². The number of rotatable bonds is 0. The Morgan fingerprint density at radius 2 is 0.885 bits per heavy atom. The Morgan fingerprint density at radius 1 is 0.462 bits per heavy atom. The molecule has 2 aliphatic carbocycles. The number of aryl methyl sites for hydroxylation is 1. The van der Waals surface area contributed by atoms with Gasteiger partial charge in [0.2, 0.25) is 0 Å². The van der Waals surface area contributed by atoms with Crippen molar-refractivity contribution in [3.8, 4) is 22.3 Å². The molecule has 26 heavy (non-hydrogen) atoms. The molecule has 0 nitrogen and oxygen atoms in total. The normalized spacial score (nSPS) is 14.7. The Kier molecular flexibility index (Phi) is 2.57. The van der Waals surface area contributed by atoms with Crippen LogP contribution in [0, 0.1) is 6.92 Å². The maximum absolute atomic E-state index is 2.35. The standard InChI is InChI=1S/C26H18/c1-17-14-15-25-21(16-17)20-10-4-7-13-24(20)26(25)22-11-5-2-8-18(22)19-9-3-6-12-23(19)26/h2-16H,1H3. The van der Waals surface area contributed by atoms with Crippen molar-refractivity contribution in [3.05, 3.63) is 119 Å². The van der Waals surface area contributed by atoms with Gasteiger partial charge in [-0.1, -0.05) is 96.6 Å². The zero-order valence-corrected chi connectivity index (χ0v) is 14.7. The molecular formula is C26H18. The minimum Gasteiger partial charge on any atom is -0.0619 e. The van der Waals surface area contributed by atoms with E-state index in [9.17, 15) is 0 Å². The first kappa shape index (κ1) is 14.1. The summed E-state index contributed by atoms with van der Waals surface area (Å²) in [6, 6.07) is 33.8. The third-order valence-corrected chi connectivity index (χ3v) is 6.15. The van der Waals surface area contributed by atoms with Crippen LogP contribution in [-0.2, 0) is 5.41 Å². The smallest absolute Gasteiger partial charge is 0.0619 e. The summed E-state index contributed by atoms with van der Waals surface area (Å²) in [5.41, 5.74) is 12.3. The van der Waals surface area contributed by atoms with E-state index in [0.29, 0.717) is 0 Å². The molecule has 0 N–H and O–H groups in total. The minimum atomic E-state index is -0.188. The van der Waals surface area contributed by atoms with Gasteiger partial charge in [0.25, 0.3) is 0 Å². The Morgan fingerprint density at radius 3 is 1.42 bits per heavy atom. The summed E-state index contributed by atoms with van der Waals surface area (Å²) >= 11 is 0. The van der Waals surface area contributed by atoms with Crippen molar-refractivity contribution in [2.75, 3.05) is 0 Å². The van der Waals surface area contributed by atoms with E-state index in [1.54, 1.807) is 0 Å². The van der Waals surface area contributed by atoms with Crippen LogP contribution < -0.4 is 0 Å². The SMILES string of the molecule is Cc1ccc2c(c1)-c1ccccc1C21c2ccccc2-c2ccccc21. The van der Waals surface area contributed by atoms with Crippen LogP contribution in [0.2, 0.25) is 0 Å². The van der Waals surface area contributed by atoms with E-state index >= 15 is 0 Å². The van der Waals surface area contributed by atoms with Gasteiger partial charge in [-0.3, -0.25) is 0 Å². The van der Waals surface area contributed by atoms with Gasteiger partial charge in [-0.15, -0.1) is 0 Å². The zero-order chi connectivity index (χ0) is 17.3. The fraction of sp³-hybridized carbons (Fsp3) is 0.0769. The minimum absolute atomic E-state index is 0.188. The Balaban J connectivity index is 1.87. The molecule has 0 aromatic heterocycles. The highest BCUT2D eigenvalue weighted by atomic mass is 14.5. The van der Waals surface area contributed by atoms with Crippen LogP contribution in [0.1, 0.15) is 27.8 Å². The molecule has 4 aromatic rings. The molecule has 0 saturated carbocycles. The van der Waals surface area contributed by atoms with E-state index in [4.69, 9.17) is 0 Å². The highest BCUT2D eigenvalue weighted by Gasteiger charge is 2.51. The highest BCUT2D eigenvalue weighted by molar-refractivity contribution is 5.94. The van der Waals surface area contributed by atoms with Crippen molar-refractivity contribution in [1.82, 2.24) is 0 Å². The lowest BCUT2D eigenvalue weighted by Gasteiger charge is -2.30. The van der Waals surface area contributed by atoms with Crippen LogP contribution >= 0.6 is 0 Å². The average molecular weight is 330 g/mol. The molecule has 0 atom stereocenters. The van der Waals surface area contributed by atoms with Gasteiger partial charge in [-0.2, -0.15) is 0 Å². The molecule has 0 aliphatic heterocycles. The van der Waals surface area contributed by atoms with Crippen molar-refractivity contribution < 1.29 is 0 Å². The van der Waals surface area contributed by atoms with Gasteiger partial charge in [0, 0.05) is 0 Å². The number of hydrogen-bond acceptors (Lipinski definition) is 0. The summed E-state index contributed by atoms with van der Waals surface area (Å²) in [5, 5.41) is 0. The maximum Gasteiger partial charge on any atom is 0.0725 e. The summed E-state index contributed by atoms with van der Waals surface area (Å²) in [5.74, 6) is 0. The maximum atomic E-state index is 2.35. The Hall–Kier alpha value is -3.12. The van der Waals surface area contributed by atoms with E-state index in [-0.39, 0.29) is 5.41 Å². The number of fused-ring (bicyclic) bond motifs is 10. The second-order valence-corrected chi connectivity index (χ2v) is 7.44. The predicted octanol–water partition coefficient (Wildman–Crippen LogP) is 6.34. The van der Waals surface area contributed by atoms with Crippen molar-refractivity contribution >= 4 is 0 Å². The van der Waals surface area contributed by atoms with E-state index < -0.39 is 0 Å². The summed E-state index contributed by atoms with van der Waals surface area (Å²) in [6.07, 6.45) is 0. The first-order valence-electron chi connectivity index (χ1n) is 9.22. The molecule has 0 heterocycles. The molecule has 0 radical (unpaired) electrons. The van der Waals surface area contributed by atoms with Crippen molar-refractivity contribution in [3.63, 3.8) is 0 Å². The van der Waals surface area contributed by atoms with Crippen molar-refractivity contribution in [1.29, 1.82) is 0 Å². The van der Waals surface area contributed by atoms with Crippen LogP contribution in [0.4, 0.5) is 0 Å². The van der Waals surface area contributed by atoms with Gasteiger partial charge < -0.3 is 0 Å². The van der Waals surface area contributed by atoms with Gasteiger partial charge in [0.05, 0.1) is 5.41 Å². The molecular weight excluding hydrogens is 312 g/mol. The Bertz CT molecular complexity index is 1150. The first-order valence-corrected chi connectivity index (χ1v) is 9.22. The molecule has 0 amide bonds. The van der Waals surface area contributed by atoms with E-state index in [0.717, 1.165) is 0 Å². The second kappa shape index (κ2) is 4.74. The molecule has 0 fully saturated rings. The Labute approximate surface area is 153 Å². The zero-order valence-electron chi connectivity index (χ0n) is 14.7. The lowest BCUT2D eigenvalue weighted by Crippen LogP contribution is -2.25. The van der Waals surface area contributed by atoms with Crippen LogP contribution in [-0.4, -0.2) is 0 Å². The quantitative estimate of drug-likeness (QED) is 0.305. The molecule has 0 heteroatoms. The molecule has 0 unspecified atom stereocenters. The van der Waals surface area contributed by atoms with Crippen LogP contribution in [0.5, 0.6) is 0 Å². The summed E-state index contributed by atoms with van der Waals surface area (Å²) in [7, 11) is 0. The van der Waals surface area contributed by atoms with Crippen LogP contribution in [0.25, 0.3) is 22.3 Å². The van der Waals surface area contributed by atoms with E-state index in [2.05, 4.69) is 97.9 Å². The van der Waals surface area contributed by atoms with Crippen LogP contribution in [0.3, 0.4) is 0 Å². The van der Waals surface area contributed by atoms with Gasteiger partial charge in [-0.25, -0.2) is 0 Å². The third-order valence-electron chi connectivity index (χ3n) is 6.15. The topological polar surface area (TPSA) is 0 Å². The molecule has 0 bridgehead atoms. The molecule has 0 saturated heterocycles. The average Bonchev–Trinajstić information content (AvgIpc) is 3.15. The van der Waals surface area contributed by atoms with Crippen molar-refractivity contribution in [2.24, 2.45) is 0 Å². The third kappa shape index (κ3) is 1.47. The van der Waals surface area contributed by atoms with Gasteiger partial charge >= 0.3 is 0 Å². The van der Waals surface area contributed by atoms with Crippen molar-refractivity contribution in [2.45, 2.75) is 12.3 Å².